The molecule has 0 saturated heterocycles. The normalized spacial score (nSPS) is 12.2. The number of aromatic hydroxyl groups is 1. The third-order valence-corrected chi connectivity index (χ3v) is 5.36. The largest absolute Gasteiger partial charge is 0.494 e. The zero-order valence-corrected chi connectivity index (χ0v) is 18.6. The third-order valence-electron chi connectivity index (χ3n) is 5.36. The third kappa shape index (κ3) is 4.49. The van der Waals surface area contributed by atoms with E-state index in [0.29, 0.717) is 33.6 Å². The van der Waals surface area contributed by atoms with Crippen LogP contribution < -0.4 is 10.6 Å². The van der Waals surface area contributed by atoms with Crippen LogP contribution >= 0.6 is 0 Å². The van der Waals surface area contributed by atoms with Crippen molar-refractivity contribution < 1.29 is 14.3 Å². The van der Waals surface area contributed by atoms with Crippen LogP contribution in [-0.2, 0) is 4.79 Å². The highest BCUT2D eigenvalue weighted by Crippen LogP contribution is 2.32. The number of aliphatic imine (C=N–C) groups is 1. The average molecular weight is 445 g/mol. The van der Waals surface area contributed by atoms with Gasteiger partial charge < -0.3 is 20.7 Å². The molecule has 0 fully saturated rings. The van der Waals surface area contributed by atoms with Crippen LogP contribution in [-0.4, -0.2) is 34.3 Å². The lowest BCUT2D eigenvalue weighted by atomic mass is 10.0. The van der Waals surface area contributed by atoms with Crippen LogP contribution in [0.15, 0.2) is 77.8 Å². The lowest BCUT2D eigenvalue weighted by Crippen LogP contribution is -2.49. The summed E-state index contributed by atoms with van der Waals surface area (Å²) in [5.74, 6) is -0.701. The molecule has 0 aliphatic rings. The number of hydrogen-bond acceptors (Lipinski definition) is 4. The Kier molecular flexibility index (Phi) is 5.74. The molecule has 0 radical (unpaired) electrons. The number of rotatable bonds is 5. The Hall–Kier alpha value is -3.97. The molecule has 1 aromatic heterocycles. The molecule has 0 spiro atoms. The van der Waals surface area contributed by atoms with Gasteiger partial charge in [-0.25, -0.2) is 9.38 Å². The van der Waals surface area contributed by atoms with E-state index >= 15 is 0 Å². The monoisotopic (exact) mass is 444 g/mol. The lowest BCUT2D eigenvalue weighted by molar-refractivity contribution is -0.122. The SMILES string of the molecule is CN(C(=O)C(C)(C)N)c1ccc(N=C(c2ccccc2)c2c(O)[nH]c3cc(F)ccc23)cc1. The van der Waals surface area contributed by atoms with Crippen molar-refractivity contribution in [3.63, 3.8) is 0 Å². The minimum atomic E-state index is -0.988. The second-order valence-corrected chi connectivity index (χ2v) is 8.47. The van der Waals surface area contributed by atoms with E-state index in [9.17, 15) is 14.3 Å². The van der Waals surface area contributed by atoms with Crippen molar-refractivity contribution in [3.05, 3.63) is 89.7 Å². The second kappa shape index (κ2) is 8.52. The zero-order valence-electron chi connectivity index (χ0n) is 18.6. The summed E-state index contributed by atoms with van der Waals surface area (Å²) >= 11 is 0. The first kappa shape index (κ1) is 22.2. The Morgan fingerprint density at radius 2 is 1.73 bits per heavy atom. The highest BCUT2D eigenvalue weighted by Gasteiger charge is 2.26. The van der Waals surface area contributed by atoms with E-state index in [0.717, 1.165) is 5.56 Å². The fourth-order valence-corrected chi connectivity index (χ4v) is 3.69. The van der Waals surface area contributed by atoms with E-state index < -0.39 is 11.4 Å². The van der Waals surface area contributed by atoms with Crippen molar-refractivity contribution in [2.75, 3.05) is 11.9 Å². The summed E-state index contributed by atoms with van der Waals surface area (Å²) in [4.78, 5) is 21.6. The maximum atomic E-state index is 13.7. The molecule has 1 heterocycles. The van der Waals surface area contributed by atoms with Gasteiger partial charge in [-0.05, 0) is 56.3 Å². The van der Waals surface area contributed by atoms with Crippen LogP contribution in [0.3, 0.4) is 0 Å². The Morgan fingerprint density at radius 3 is 2.36 bits per heavy atom. The number of nitrogens with two attached hydrogens (primary N) is 1. The summed E-state index contributed by atoms with van der Waals surface area (Å²) in [6.45, 7) is 3.33. The lowest BCUT2D eigenvalue weighted by Gasteiger charge is -2.25. The number of nitrogens with zero attached hydrogens (tertiary/aromatic N) is 2. The highest BCUT2D eigenvalue weighted by atomic mass is 19.1. The van der Waals surface area contributed by atoms with Gasteiger partial charge in [-0.1, -0.05) is 30.3 Å². The van der Waals surface area contributed by atoms with E-state index in [1.165, 1.54) is 17.0 Å². The maximum Gasteiger partial charge on any atom is 0.246 e. The molecule has 4 N–H and O–H groups in total. The van der Waals surface area contributed by atoms with Crippen molar-refractivity contribution in [3.8, 4) is 5.88 Å². The molecule has 168 valence electrons. The molecular formula is C26H25FN4O2. The Bertz CT molecular complexity index is 1340. The number of hydrogen-bond donors (Lipinski definition) is 3. The number of anilines is 1. The van der Waals surface area contributed by atoms with Crippen molar-refractivity contribution in [2.45, 2.75) is 19.4 Å². The van der Waals surface area contributed by atoms with E-state index in [2.05, 4.69) is 4.98 Å². The van der Waals surface area contributed by atoms with E-state index in [4.69, 9.17) is 10.7 Å². The molecule has 0 unspecified atom stereocenters. The van der Waals surface area contributed by atoms with Gasteiger partial charge in [-0.15, -0.1) is 0 Å². The van der Waals surface area contributed by atoms with Crippen LogP contribution in [0.25, 0.3) is 10.9 Å². The van der Waals surface area contributed by atoms with Crippen molar-refractivity contribution in [2.24, 2.45) is 10.7 Å². The summed E-state index contributed by atoms with van der Waals surface area (Å²) in [5, 5.41) is 11.3. The number of likely N-dealkylation sites (N-methyl/N-ethyl adjacent to an activating group) is 1. The summed E-state index contributed by atoms with van der Waals surface area (Å²) in [5.41, 5.74) is 8.55. The second-order valence-electron chi connectivity index (χ2n) is 8.47. The van der Waals surface area contributed by atoms with E-state index in [1.54, 1.807) is 51.2 Å². The van der Waals surface area contributed by atoms with Crippen LogP contribution in [0.2, 0.25) is 0 Å². The van der Waals surface area contributed by atoms with E-state index in [-0.39, 0.29) is 11.8 Å². The first-order valence-electron chi connectivity index (χ1n) is 10.5. The smallest absolute Gasteiger partial charge is 0.246 e. The molecular weight excluding hydrogens is 419 g/mol. The fraction of sp³-hybridized carbons (Fsp3) is 0.154. The van der Waals surface area contributed by atoms with Gasteiger partial charge in [-0.3, -0.25) is 4.79 Å². The molecule has 0 aliphatic heterocycles. The molecule has 4 rings (SSSR count). The summed E-state index contributed by atoms with van der Waals surface area (Å²) in [6, 6.07) is 20.9. The topological polar surface area (TPSA) is 94.7 Å². The predicted molar refractivity (Wildman–Crippen MR) is 130 cm³/mol. The number of halogens is 1. The number of carbonyl (C=O) groups is 1. The Morgan fingerprint density at radius 1 is 1.06 bits per heavy atom. The van der Waals surface area contributed by atoms with E-state index in [1.807, 2.05) is 30.3 Å². The van der Waals surface area contributed by atoms with Gasteiger partial charge >= 0.3 is 0 Å². The minimum absolute atomic E-state index is 0.0923. The maximum absolute atomic E-state index is 13.7. The summed E-state index contributed by atoms with van der Waals surface area (Å²) in [6.07, 6.45) is 0. The molecule has 0 bridgehead atoms. The zero-order chi connectivity index (χ0) is 23.8. The highest BCUT2D eigenvalue weighted by molar-refractivity contribution is 6.21. The number of aromatic nitrogens is 1. The number of H-pyrrole nitrogens is 1. The molecule has 33 heavy (non-hydrogen) atoms. The first-order chi connectivity index (χ1) is 15.6. The van der Waals surface area contributed by atoms with Crippen molar-refractivity contribution in [1.82, 2.24) is 4.98 Å². The predicted octanol–water partition coefficient (Wildman–Crippen LogP) is 4.88. The molecule has 4 aromatic rings. The van der Waals surface area contributed by atoms with Gasteiger partial charge in [-0.2, -0.15) is 0 Å². The number of carbonyl (C=O) groups excluding carboxylic acids is 1. The Balaban J connectivity index is 1.80. The molecule has 0 aliphatic carbocycles. The van der Waals surface area contributed by atoms with Crippen LogP contribution in [0.1, 0.15) is 25.0 Å². The van der Waals surface area contributed by atoms with Crippen LogP contribution in [0.4, 0.5) is 15.8 Å². The number of amides is 1. The van der Waals surface area contributed by atoms with Gasteiger partial charge in [0.15, 0.2) is 5.88 Å². The standard InChI is InChI=1S/C26H25FN4O2/c1-26(2,28)25(33)31(3)19-12-10-18(11-13-19)29-23(16-7-5-4-6-8-16)22-20-14-9-17(27)15-21(20)30-24(22)32/h4-15,30,32H,28H2,1-3H3. The number of nitrogens with one attached hydrogen (secondary N) is 1. The van der Waals surface area contributed by atoms with Crippen molar-refractivity contribution in [1.29, 1.82) is 0 Å². The number of aromatic amines is 1. The first-order valence-corrected chi connectivity index (χ1v) is 10.5. The molecule has 6 nitrogen and oxygen atoms in total. The quantitative estimate of drug-likeness (QED) is 0.383. The average Bonchev–Trinajstić information content (AvgIpc) is 3.11. The van der Waals surface area contributed by atoms with Crippen LogP contribution in [0, 0.1) is 5.82 Å². The van der Waals surface area contributed by atoms with Gasteiger partial charge in [0, 0.05) is 23.7 Å². The Labute approximate surface area is 191 Å². The van der Waals surface area contributed by atoms with Gasteiger partial charge in [0.1, 0.15) is 5.82 Å². The summed E-state index contributed by atoms with van der Waals surface area (Å²) in [7, 11) is 1.67. The van der Waals surface area contributed by atoms with Crippen molar-refractivity contribution >= 4 is 33.9 Å². The molecule has 3 aromatic carbocycles. The number of benzene rings is 3. The molecule has 7 heteroatoms. The minimum Gasteiger partial charge on any atom is -0.494 e. The molecule has 1 amide bonds. The van der Waals surface area contributed by atoms with Gasteiger partial charge in [0.05, 0.1) is 28.0 Å². The van der Waals surface area contributed by atoms with Gasteiger partial charge in [0.25, 0.3) is 0 Å². The van der Waals surface area contributed by atoms with Crippen LogP contribution in [0.5, 0.6) is 5.88 Å². The molecule has 0 saturated carbocycles. The molecule has 0 atom stereocenters. The summed E-state index contributed by atoms with van der Waals surface area (Å²) < 4.78 is 13.7. The van der Waals surface area contributed by atoms with Gasteiger partial charge in [0.2, 0.25) is 5.91 Å². The number of fused-ring (bicyclic) bond motifs is 1. The fourth-order valence-electron chi connectivity index (χ4n) is 3.69.